The molecule has 0 spiro atoms. The molecule has 0 unspecified atom stereocenters. The van der Waals surface area contributed by atoms with E-state index in [9.17, 15) is 4.79 Å². The summed E-state index contributed by atoms with van der Waals surface area (Å²) in [4.78, 5) is 15.2. The highest BCUT2D eigenvalue weighted by atomic mass is 16.1. The Morgan fingerprint density at radius 1 is 1.53 bits per heavy atom. The first-order valence-electron chi connectivity index (χ1n) is 5.73. The van der Waals surface area contributed by atoms with Crippen LogP contribution < -0.4 is 5.32 Å². The van der Waals surface area contributed by atoms with Crippen molar-refractivity contribution in [1.82, 2.24) is 14.9 Å². The van der Waals surface area contributed by atoms with Crippen molar-refractivity contribution in [2.24, 2.45) is 7.05 Å². The second-order valence-corrected chi connectivity index (χ2v) is 4.32. The van der Waals surface area contributed by atoms with E-state index in [-0.39, 0.29) is 5.91 Å². The highest BCUT2D eigenvalue weighted by Crippen LogP contribution is 2.22. The molecule has 0 bridgehead atoms. The molecular formula is C13H17N3O. The summed E-state index contributed by atoms with van der Waals surface area (Å²) in [6.07, 6.45) is 4.76. The number of nitrogens with zero attached hydrogens (tertiary/aromatic N) is 2. The monoisotopic (exact) mass is 231 g/mol. The van der Waals surface area contributed by atoms with E-state index in [1.165, 1.54) is 23.4 Å². The number of fused-ring (bicyclic) bond motifs is 1. The Balaban J connectivity index is 2.31. The molecule has 2 aromatic heterocycles. The predicted molar refractivity (Wildman–Crippen MR) is 67.8 cm³/mol. The molecule has 2 rings (SSSR count). The summed E-state index contributed by atoms with van der Waals surface area (Å²) in [6.45, 7) is 4.30. The summed E-state index contributed by atoms with van der Waals surface area (Å²) in [5.41, 5.74) is 3.47. The molecule has 90 valence electrons. The smallest absolute Gasteiger partial charge is 0.216 e. The predicted octanol–water partition coefficient (Wildman–Crippen LogP) is 1.56. The lowest BCUT2D eigenvalue weighted by molar-refractivity contribution is -0.118. The fraction of sp³-hybridized carbons (Fsp3) is 0.385. The van der Waals surface area contributed by atoms with E-state index in [4.69, 9.17) is 0 Å². The van der Waals surface area contributed by atoms with E-state index in [1.807, 2.05) is 23.9 Å². The first kappa shape index (κ1) is 11.6. The summed E-state index contributed by atoms with van der Waals surface area (Å²) < 4.78 is 2.03. The SMILES string of the molecule is CC(=O)NCCc1cn(C)c2nccc(C)c12. The van der Waals surface area contributed by atoms with Crippen molar-refractivity contribution < 1.29 is 4.79 Å². The van der Waals surface area contributed by atoms with E-state index in [0.29, 0.717) is 6.54 Å². The van der Waals surface area contributed by atoms with E-state index in [0.717, 1.165) is 12.1 Å². The number of amides is 1. The molecule has 4 nitrogen and oxygen atoms in total. The topological polar surface area (TPSA) is 46.9 Å². The summed E-state index contributed by atoms with van der Waals surface area (Å²) in [6, 6.07) is 2.02. The van der Waals surface area contributed by atoms with Crippen molar-refractivity contribution in [3.63, 3.8) is 0 Å². The summed E-state index contributed by atoms with van der Waals surface area (Å²) >= 11 is 0. The highest BCUT2D eigenvalue weighted by molar-refractivity contribution is 5.84. The molecule has 1 N–H and O–H groups in total. The van der Waals surface area contributed by atoms with Crippen molar-refractivity contribution in [3.8, 4) is 0 Å². The van der Waals surface area contributed by atoms with Crippen LogP contribution in [0.4, 0.5) is 0 Å². The van der Waals surface area contributed by atoms with Crippen LogP contribution in [-0.2, 0) is 18.3 Å². The highest BCUT2D eigenvalue weighted by Gasteiger charge is 2.09. The fourth-order valence-electron chi connectivity index (χ4n) is 2.13. The summed E-state index contributed by atoms with van der Waals surface area (Å²) in [5.74, 6) is 0.0140. The molecule has 0 atom stereocenters. The van der Waals surface area contributed by atoms with Crippen LogP contribution in [0.5, 0.6) is 0 Å². The van der Waals surface area contributed by atoms with E-state index < -0.39 is 0 Å². The Morgan fingerprint density at radius 2 is 2.29 bits per heavy atom. The van der Waals surface area contributed by atoms with Crippen molar-refractivity contribution in [2.75, 3.05) is 6.54 Å². The van der Waals surface area contributed by atoms with Crippen LogP contribution in [0, 0.1) is 6.92 Å². The number of nitrogens with one attached hydrogen (secondary N) is 1. The molecule has 0 aliphatic carbocycles. The second kappa shape index (κ2) is 4.57. The minimum absolute atomic E-state index is 0.0140. The van der Waals surface area contributed by atoms with Crippen LogP contribution in [0.25, 0.3) is 11.0 Å². The average Bonchev–Trinajstić information content (AvgIpc) is 2.57. The Kier molecular flexibility index (Phi) is 3.13. The third-order valence-corrected chi connectivity index (χ3v) is 2.91. The normalized spacial score (nSPS) is 10.8. The fourth-order valence-corrected chi connectivity index (χ4v) is 2.13. The van der Waals surface area contributed by atoms with Gasteiger partial charge in [0.15, 0.2) is 0 Å². The third kappa shape index (κ3) is 2.30. The maximum absolute atomic E-state index is 10.8. The molecule has 0 saturated carbocycles. The maximum Gasteiger partial charge on any atom is 0.216 e. The zero-order valence-electron chi connectivity index (χ0n) is 10.4. The van der Waals surface area contributed by atoms with Crippen molar-refractivity contribution in [1.29, 1.82) is 0 Å². The molecule has 0 fully saturated rings. The van der Waals surface area contributed by atoms with Crippen molar-refractivity contribution in [3.05, 3.63) is 29.6 Å². The van der Waals surface area contributed by atoms with Gasteiger partial charge in [-0.3, -0.25) is 4.79 Å². The molecule has 17 heavy (non-hydrogen) atoms. The van der Waals surface area contributed by atoms with Gasteiger partial charge in [-0.05, 0) is 30.5 Å². The third-order valence-electron chi connectivity index (χ3n) is 2.91. The van der Waals surface area contributed by atoms with E-state index in [2.05, 4.69) is 23.4 Å². The molecular weight excluding hydrogens is 214 g/mol. The van der Waals surface area contributed by atoms with Crippen LogP contribution in [0.3, 0.4) is 0 Å². The number of carbonyl (C=O) groups excluding carboxylic acids is 1. The average molecular weight is 231 g/mol. The van der Waals surface area contributed by atoms with Gasteiger partial charge in [0.25, 0.3) is 0 Å². The number of hydrogen-bond donors (Lipinski definition) is 1. The van der Waals surface area contributed by atoms with Crippen LogP contribution in [-0.4, -0.2) is 22.0 Å². The van der Waals surface area contributed by atoms with Gasteiger partial charge in [0.1, 0.15) is 5.65 Å². The van der Waals surface area contributed by atoms with Gasteiger partial charge in [0.05, 0.1) is 0 Å². The Bertz CT molecular complexity index is 557. The van der Waals surface area contributed by atoms with Gasteiger partial charge in [-0.2, -0.15) is 0 Å². The Morgan fingerprint density at radius 3 is 3.00 bits per heavy atom. The Hall–Kier alpha value is -1.84. The lowest BCUT2D eigenvalue weighted by Gasteiger charge is -2.02. The van der Waals surface area contributed by atoms with Crippen molar-refractivity contribution >= 4 is 16.9 Å². The van der Waals surface area contributed by atoms with Gasteiger partial charge >= 0.3 is 0 Å². The minimum atomic E-state index is 0.0140. The first-order valence-corrected chi connectivity index (χ1v) is 5.73. The lowest BCUT2D eigenvalue weighted by atomic mass is 10.1. The maximum atomic E-state index is 10.8. The number of carbonyl (C=O) groups is 1. The van der Waals surface area contributed by atoms with Gasteiger partial charge in [-0.15, -0.1) is 0 Å². The molecule has 4 heteroatoms. The lowest BCUT2D eigenvalue weighted by Crippen LogP contribution is -2.22. The first-order chi connectivity index (χ1) is 8.09. The molecule has 1 amide bonds. The number of aryl methyl sites for hydroxylation is 2. The quantitative estimate of drug-likeness (QED) is 0.871. The molecule has 2 heterocycles. The zero-order valence-corrected chi connectivity index (χ0v) is 10.4. The number of pyridine rings is 1. The number of rotatable bonds is 3. The molecule has 2 aromatic rings. The van der Waals surface area contributed by atoms with Gasteiger partial charge in [-0.25, -0.2) is 4.98 Å². The summed E-state index contributed by atoms with van der Waals surface area (Å²) in [5, 5.41) is 4.03. The molecule has 0 saturated heterocycles. The van der Waals surface area contributed by atoms with E-state index in [1.54, 1.807) is 0 Å². The van der Waals surface area contributed by atoms with Crippen LogP contribution in [0.1, 0.15) is 18.1 Å². The van der Waals surface area contributed by atoms with E-state index >= 15 is 0 Å². The van der Waals surface area contributed by atoms with Crippen molar-refractivity contribution in [2.45, 2.75) is 20.3 Å². The second-order valence-electron chi connectivity index (χ2n) is 4.32. The largest absolute Gasteiger partial charge is 0.356 e. The van der Waals surface area contributed by atoms with Gasteiger partial charge in [-0.1, -0.05) is 0 Å². The molecule has 0 radical (unpaired) electrons. The Labute approximate surface area is 101 Å². The molecule has 0 aliphatic rings. The van der Waals surface area contributed by atoms with Crippen LogP contribution in [0.2, 0.25) is 0 Å². The standard InChI is InChI=1S/C13H17N3O/c1-9-4-6-15-13-12(9)11(8-16(13)3)5-7-14-10(2)17/h4,6,8H,5,7H2,1-3H3,(H,14,17). The minimum Gasteiger partial charge on any atom is -0.356 e. The zero-order chi connectivity index (χ0) is 12.4. The molecule has 0 aromatic carbocycles. The van der Waals surface area contributed by atoms with Gasteiger partial charge < -0.3 is 9.88 Å². The van der Waals surface area contributed by atoms with Crippen LogP contribution in [0.15, 0.2) is 18.5 Å². The molecule has 0 aliphatic heterocycles. The number of hydrogen-bond acceptors (Lipinski definition) is 2. The van der Waals surface area contributed by atoms with Gasteiger partial charge in [0, 0.05) is 38.3 Å². The van der Waals surface area contributed by atoms with Gasteiger partial charge in [0.2, 0.25) is 5.91 Å². The summed E-state index contributed by atoms with van der Waals surface area (Å²) in [7, 11) is 2.00. The number of aromatic nitrogens is 2. The van der Waals surface area contributed by atoms with Crippen LogP contribution >= 0.6 is 0 Å².